The zero-order valence-corrected chi connectivity index (χ0v) is 14.0. The molecule has 0 unspecified atom stereocenters. The van der Waals surface area contributed by atoms with E-state index in [-0.39, 0.29) is 12.0 Å². The third-order valence-electron chi connectivity index (χ3n) is 4.10. The molecule has 1 aliphatic heterocycles. The number of carbonyl (C=O) groups is 1. The number of hydrogen-bond acceptors (Lipinski definition) is 4. The molecule has 0 bridgehead atoms. The van der Waals surface area contributed by atoms with Crippen LogP contribution in [0.3, 0.4) is 0 Å². The molecule has 1 N–H and O–H groups in total. The van der Waals surface area contributed by atoms with Crippen LogP contribution >= 0.6 is 0 Å². The first kappa shape index (κ1) is 17.4. The standard InChI is InChI=1S/C19H22N2O4/c22-19(16-7-9-21(23)10-8-16)20-17-5-3-4-15(12-17)13-24-14-18-6-1-2-11-25-18/h3-5,7-10,12,18H,1-2,6,11,13-14H2,(H,20,22)/t18-/m1/s1. The molecule has 1 atom stereocenters. The normalized spacial score (nSPS) is 17.2. The van der Waals surface area contributed by atoms with Crippen LogP contribution in [-0.4, -0.2) is 25.2 Å². The summed E-state index contributed by atoms with van der Waals surface area (Å²) in [5.41, 5.74) is 2.11. The summed E-state index contributed by atoms with van der Waals surface area (Å²) >= 11 is 0. The third kappa shape index (κ3) is 5.27. The Bertz CT molecular complexity index is 697. The van der Waals surface area contributed by atoms with Crippen LogP contribution < -0.4 is 10.0 Å². The van der Waals surface area contributed by atoms with Crippen molar-refractivity contribution in [1.29, 1.82) is 0 Å². The summed E-state index contributed by atoms with van der Waals surface area (Å²) in [5.74, 6) is -0.255. The molecule has 2 aromatic rings. The van der Waals surface area contributed by atoms with Crippen molar-refractivity contribution < 1.29 is 19.0 Å². The fourth-order valence-corrected chi connectivity index (χ4v) is 2.75. The number of nitrogens with zero attached hydrogens (tertiary/aromatic N) is 1. The average molecular weight is 342 g/mol. The van der Waals surface area contributed by atoms with E-state index < -0.39 is 0 Å². The molecule has 6 nitrogen and oxygen atoms in total. The SMILES string of the molecule is O=C(Nc1cccc(COC[C@H]2CCCCO2)c1)c1cc[n+]([O-])cc1. The molecule has 1 aromatic carbocycles. The van der Waals surface area contributed by atoms with Gasteiger partial charge in [0.1, 0.15) is 0 Å². The zero-order chi connectivity index (χ0) is 17.5. The van der Waals surface area contributed by atoms with Gasteiger partial charge in [-0.15, -0.1) is 0 Å². The summed E-state index contributed by atoms with van der Waals surface area (Å²) in [6.07, 6.45) is 6.17. The maximum absolute atomic E-state index is 12.2. The van der Waals surface area contributed by atoms with Crippen LogP contribution in [0.5, 0.6) is 0 Å². The van der Waals surface area contributed by atoms with Crippen LogP contribution in [-0.2, 0) is 16.1 Å². The van der Waals surface area contributed by atoms with Gasteiger partial charge in [0, 0.05) is 24.4 Å². The molecule has 1 fully saturated rings. The second-order valence-corrected chi connectivity index (χ2v) is 6.10. The fraction of sp³-hybridized carbons (Fsp3) is 0.368. The Morgan fingerprint density at radius 1 is 1.28 bits per heavy atom. The molecule has 25 heavy (non-hydrogen) atoms. The van der Waals surface area contributed by atoms with Gasteiger partial charge in [0.2, 0.25) is 0 Å². The van der Waals surface area contributed by atoms with Crippen molar-refractivity contribution in [3.8, 4) is 0 Å². The summed E-state index contributed by atoms with van der Waals surface area (Å²) in [7, 11) is 0. The minimum atomic E-state index is -0.255. The predicted octanol–water partition coefficient (Wildman–Crippen LogP) is 2.66. The van der Waals surface area contributed by atoms with E-state index in [1.165, 1.54) is 30.9 Å². The fourth-order valence-electron chi connectivity index (χ4n) is 2.75. The second-order valence-electron chi connectivity index (χ2n) is 6.10. The molecular formula is C19H22N2O4. The summed E-state index contributed by atoms with van der Waals surface area (Å²) in [5, 5.41) is 13.9. The van der Waals surface area contributed by atoms with Crippen molar-refractivity contribution in [1.82, 2.24) is 0 Å². The molecular weight excluding hydrogens is 320 g/mol. The highest BCUT2D eigenvalue weighted by atomic mass is 16.5. The van der Waals surface area contributed by atoms with Gasteiger partial charge in [-0.3, -0.25) is 4.79 Å². The first-order valence-corrected chi connectivity index (χ1v) is 8.49. The molecule has 1 aromatic heterocycles. The van der Waals surface area contributed by atoms with Gasteiger partial charge in [-0.05, 0) is 37.0 Å². The van der Waals surface area contributed by atoms with Crippen LogP contribution in [0, 0.1) is 5.21 Å². The zero-order valence-electron chi connectivity index (χ0n) is 14.0. The quantitative estimate of drug-likeness (QED) is 0.647. The van der Waals surface area contributed by atoms with E-state index in [9.17, 15) is 10.0 Å². The highest BCUT2D eigenvalue weighted by molar-refractivity contribution is 6.04. The van der Waals surface area contributed by atoms with E-state index in [4.69, 9.17) is 9.47 Å². The van der Waals surface area contributed by atoms with E-state index in [1.807, 2.05) is 24.3 Å². The van der Waals surface area contributed by atoms with Crippen LogP contribution in [0.4, 0.5) is 5.69 Å². The smallest absolute Gasteiger partial charge is 0.256 e. The Labute approximate surface area is 147 Å². The van der Waals surface area contributed by atoms with Gasteiger partial charge in [-0.25, -0.2) is 0 Å². The number of amides is 1. The predicted molar refractivity (Wildman–Crippen MR) is 93.0 cm³/mol. The lowest BCUT2D eigenvalue weighted by Crippen LogP contribution is -2.25. The van der Waals surface area contributed by atoms with Crippen LogP contribution in [0.25, 0.3) is 0 Å². The van der Waals surface area contributed by atoms with Crippen molar-refractivity contribution >= 4 is 11.6 Å². The molecule has 6 heteroatoms. The molecule has 0 spiro atoms. The Hall–Kier alpha value is -2.44. The van der Waals surface area contributed by atoms with Crippen molar-refractivity contribution in [3.05, 3.63) is 65.1 Å². The monoisotopic (exact) mass is 342 g/mol. The molecule has 0 radical (unpaired) electrons. The Kier molecular flexibility index (Phi) is 5.98. The van der Waals surface area contributed by atoms with Crippen molar-refractivity contribution in [2.45, 2.75) is 32.0 Å². The number of hydrogen-bond donors (Lipinski definition) is 1. The highest BCUT2D eigenvalue weighted by Gasteiger charge is 2.13. The van der Waals surface area contributed by atoms with Crippen LogP contribution in [0.15, 0.2) is 48.8 Å². The van der Waals surface area contributed by atoms with Crippen LogP contribution in [0.1, 0.15) is 35.2 Å². The third-order valence-corrected chi connectivity index (χ3v) is 4.10. The average Bonchev–Trinajstić information content (AvgIpc) is 2.63. The number of aromatic nitrogens is 1. The molecule has 3 rings (SSSR count). The van der Waals surface area contributed by atoms with Crippen molar-refractivity contribution in [3.63, 3.8) is 0 Å². The number of nitrogens with one attached hydrogen (secondary N) is 1. The van der Waals surface area contributed by atoms with Gasteiger partial charge in [0.25, 0.3) is 5.91 Å². The van der Waals surface area contributed by atoms with Crippen molar-refractivity contribution in [2.24, 2.45) is 0 Å². The highest BCUT2D eigenvalue weighted by Crippen LogP contribution is 2.15. The molecule has 0 aliphatic carbocycles. The number of anilines is 1. The largest absolute Gasteiger partial charge is 0.619 e. The van der Waals surface area contributed by atoms with Crippen LogP contribution in [0.2, 0.25) is 0 Å². The van der Waals surface area contributed by atoms with Gasteiger partial charge < -0.3 is 20.0 Å². The Morgan fingerprint density at radius 3 is 2.88 bits per heavy atom. The van der Waals surface area contributed by atoms with Crippen molar-refractivity contribution in [2.75, 3.05) is 18.5 Å². The number of ether oxygens (including phenoxy) is 2. The topological polar surface area (TPSA) is 74.5 Å². The van der Waals surface area contributed by atoms with Gasteiger partial charge in [0.05, 0.1) is 24.9 Å². The maximum Gasteiger partial charge on any atom is 0.256 e. The van der Waals surface area contributed by atoms with E-state index in [0.29, 0.717) is 29.2 Å². The molecule has 0 saturated carbocycles. The van der Waals surface area contributed by atoms with E-state index >= 15 is 0 Å². The Balaban J connectivity index is 1.52. The summed E-state index contributed by atoms with van der Waals surface area (Å²) < 4.78 is 12.0. The molecule has 1 aliphatic rings. The van der Waals surface area contributed by atoms with E-state index in [1.54, 1.807) is 0 Å². The first-order valence-electron chi connectivity index (χ1n) is 8.49. The van der Waals surface area contributed by atoms with Gasteiger partial charge in [0.15, 0.2) is 12.4 Å². The molecule has 1 saturated heterocycles. The second kappa shape index (κ2) is 8.60. The lowest BCUT2D eigenvalue weighted by Gasteiger charge is -2.22. The number of rotatable bonds is 6. The lowest BCUT2D eigenvalue weighted by molar-refractivity contribution is -0.605. The minimum Gasteiger partial charge on any atom is -0.619 e. The molecule has 2 heterocycles. The number of benzene rings is 1. The van der Waals surface area contributed by atoms with Gasteiger partial charge in [-0.1, -0.05) is 12.1 Å². The minimum absolute atomic E-state index is 0.193. The maximum atomic E-state index is 12.2. The molecule has 1 amide bonds. The summed E-state index contributed by atoms with van der Waals surface area (Å²) in [6, 6.07) is 10.5. The summed E-state index contributed by atoms with van der Waals surface area (Å²) in [4.78, 5) is 12.2. The Morgan fingerprint density at radius 2 is 2.12 bits per heavy atom. The van der Waals surface area contributed by atoms with E-state index in [2.05, 4.69) is 5.32 Å². The molecule has 132 valence electrons. The summed E-state index contributed by atoms with van der Waals surface area (Å²) in [6.45, 7) is 1.89. The van der Waals surface area contributed by atoms with E-state index in [0.717, 1.165) is 25.0 Å². The first-order chi connectivity index (χ1) is 12.2. The van der Waals surface area contributed by atoms with Gasteiger partial charge in [-0.2, -0.15) is 4.73 Å². The van der Waals surface area contributed by atoms with Gasteiger partial charge >= 0.3 is 0 Å². The lowest BCUT2D eigenvalue weighted by atomic mass is 10.1. The number of pyridine rings is 1. The number of carbonyl (C=O) groups excluding carboxylic acids is 1.